The first-order chi connectivity index (χ1) is 36.2. The zero-order valence-electron chi connectivity index (χ0n) is 39.4. The fraction of sp³-hybridized carbons (Fsp3) is 0. The highest BCUT2D eigenvalue weighted by Crippen LogP contribution is 2.51. The van der Waals surface area contributed by atoms with Crippen LogP contribution in [0.15, 0.2) is 268 Å². The van der Waals surface area contributed by atoms with E-state index in [1.807, 2.05) is 24.3 Å². The number of hydrogen-bond donors (Lipinski definition) is 0. The molecule has 0 aliphatic heterocycles. The summed E-state index contributed by atoms with van der Waals surface area (Å²) in [4.78, 5) is 4.68. The Bertz CT molecular complexity index is 4310. The molecule has 15 rings (SSSR count). The van der Waals surface area contributed by atoms with Crippen LogP contribution in [0.1, 0.15) is 0 Å². The van der Waals surface area contributed by atoms with Gasteiger partial charge in [-0.2, -0.15) is 0 Å². The van der Waals surface area contributed by atoms with Gasteiger partial charge in [-0.25, -0.2) is 0 Å². The Balaban J connectivity index is 0.987. The molecule has 0 saturated carbocycles. The monoisotopic (exact) mass is 934 g/mol. The van der Waals surface area contributed by atoms with E-state index in [4.69, 9.17) is 13.3 Å². The van der Waals surface area contributed by atoms with Gasteiger partial charge in [0, 0.05) is 66.6 Å². The third-order valence-corrected chi connectivity index (χ3v) is 14.6. The van der Waals surface area contributed by atoms with Crippen molar-refractivity contribution in [3.8, 4) is 22.3 Å². The molecule has 342 valence electrons. The van der Waals surface area contributed by atoms with Crippen LogP contribution in [0.4, 0.5) is 34.1 Å². The molecule has 15 aromatic rings. The molecule has 3 heterocycles. The van der Waals surface area contributed by atoms with E-state index in [9.17, 15) is 0 Å². The minimum atomic E-state index is 0.784. The first kappa shape index (κ1) is 41.0. The summed E-state index contributed by atoms with van der Waals surface area (Å²) in [7, 11) is 0. The predicted octanol–water partition coefficient (Wildman–Crippen LogP) is 20.0. The second-order valence-corrected chi connectivity index (χ2v) is 18.7. The Morgan fingerprint density at radius 3 is 0.986 bits per heavy atom. The summed E-state index contributed by atoms with van der Waals surface area (Å²) in [5.74, 6) is 0. The topological polar surface area (TPSA) is 45.9 Å². The van der Waals surface area contributed by atoms with Crippen molar-refractivity contribution in [2.75, 3.05) is 9.80 Å². The number of benzene rings is 12. The minimum absolute atomic E-state index is 0.784. The van der Waals surface area contributed by atoms with E-state index < -0.39 is 0 Å². The van der Waals surface area contributed by atoms with E-state index in [1.165, 1.54) is 0 Å². The van der Waals surface area contributed by atoms with Crippen LogP contribution in [0.25, 0.3) is 110 Å². The van der Waals surface area contributed by atoms with Gasteiger partial charge in [-0.1, -0.05) is 194 Å². The molecule has 5 nitrogen and oxygen atoms in total. The molecule has 5 heteroatoms. The molecule has 73 heavy (non-hydrogen) atoms. The molecule has 0 N–H and O–H groups in total. The van der Waals surface area contributed by atoms with Crippen LogP contribution < -0.4 is 9.80 Å². The number of para-hydroxylation sites is 4. The fourth-order valence-corrected chi connectivity index (χ4v) is 11.3. The van der Waals surface area contributed by atoms with Crippen molar-refractivity contribution < 1.29 is 13.3 Å². The van der Waals surface area contributed by atoms with Gasteiger partial charge in [-0.05, 0) is 81.6 Å². The summed E-state index contributed by atoms with van der Waals surface area (Å²) in [5, 5.41) is 10.8. The van der Waals surface area contributed by atoms with Crippen LogP contribution in [0, 0.1) is 0 Å². The number of furan rings is 3. The lowest BCUT2D eigenvalue weighted by Crippen LogP contribution is -2.11. The van der Waals surface area contributed by atoms with E-state index in [-0.39, 0.29) is 0 Å². The molecule has 0 amide bonds. The smallest absolute Gasteiger partial charge is 0.159 e. The third kappa shape index (κ3) is 6.49. The van der Waals surface area contributed by atoms with E-state index in [0.717, 1.165) is 144 Å². The van der Waals surface area contributed by atoms with E-state index in [0.29, 0.717) is 0 Å². The van der Waals surface area contributed by atoms with Gasteiger partial charge in [0.05, 0.1) is 22.7 Å². The zero-order chi connectivity index (χ0) is 48.0. The molecule has 0 aliphatic carbocycles. The molecular weight excluding hydrogens is 893 g/mol. The van der Waals surface area contributed by atoms with E-state index >= 15 is 0 Å². The number of anilines is 6. The summed E-state index contributed by atoms with van der Waals surface area (Å²) < 4.78 is 20.9. The molecule has 0 fully saturated rings. The molecule has 0 aliphatic rings. The standard InChI is InChI=1S/C68H42N2O3/c1-3-17-43(18-4-1)45-33-37-47(38-34-45)69(57-29-15-27-55-51-23-11-13-31-61(51)72-67(55)57)59-41-63-65(53-25-9-7-21-49(53)59)66-54-26-10-8-22-50(54)60(42-64(66)71-63)70(48-39-35-46(36-40-48)44-19-5-2-6-20-44)58-30-16-28-56-52-24-12-14-32-62(52)73-68(56)58/h1-42H. The molecule has 12 aromatic carbocycles. The highest BCUT2D eigenvalue weighted by atomic mass is 16.3. The van der Waals surface area contributed by atoms with Crippen LogP contribution in [0.5, 0.6) is 0 Å². The van der Waals surface area contributed by atoms with Crippen LogP contribution in [0.3, 0.4) is 0 Å². The lowest BCUT2D eigenvalue weighted by molar-refractivity contribution is 0.667. The molecule has 0 spiro atoms. The zero-order valence-corrected chi connectivity index (χ0v) is 39.4. The maximum atomic E-state index is 7.32. The highest BCUT2D eigenvalue weighted by molar-refractivity contribution is 6.30. The van der Waals surface area contributed by atoms with Gasteiger partial charge in [0.25, 0.3) is 0 Å². The van der Waals surface area contributed by atoms with Crippen molar-refractivity contribution in [1.82, 2.24) is 0 Å². The summed E-state index contributed by atoms with van der Waals surface area (Å²) in [6.45, 7) is 0. The number of rotatable bonds is 8. The maximum Gasteiger partial charge on any atom is 0.159 e. The van der Waals surface area contributed by atoms with Gasteiger partial charge < -0.3 is 23.1 Å². The molecule has 0 atom stereocenters. The van der Waals surface area contributed by atoms with E-state index in [1.54, 1.807) is 0 Å². The average Bonchev–Trinajstić information content (AvgIpc) is 4.16. The van der Waals surface area contributed by atoms with Crippen LogP contribution in [-0.2, 0) is 0 Å². The molecule has 0 saturated heterocycles. The second kappa shape index (κ2) is 16.4. The first-order valence-electron chi connectivity index (χ1n) is 24.7. The van der Waals surface area contributed by atoms with Gasteiger partial charge >= 0.3 is 0 Å². The van der Waals surface area contributed by atoms with E-state index in [2.05, 4.69) is 240 Å². The van der Waals surface area contributed by atoms with Gasteiger partial charge in [-0.3, -0.25) is 0 Å². The number of hydrogen-bond acceptors (Lipinski definition) is 5. The highest BCUT2D eigenvalue weighted by Gasteiger charge is 2.27. The average molecular weight is 935 g/mol. The van der Waals surface area contributed by atoms with Crippen molar-refractivity contribution in [3.05, 3.63) is 255 Å². The Morgan fingerprint density at radius 1 is 0.219 bits per heavy atom. The SMILES string of the molecule is c1ccc(-c2ccc(N(c3cc4oc5cc(N(c6ccc(-c7ccccc7)cc6)c6cccc7c6oc6ccccc67)c6ccccc6c5c4c4ccccc34)c3cccc4c3oc3ccccc34)cc2)cc1. The molecule has 0 unspecified atom stereocenters. The Hall–Kier alpha value is -9.84. The Morgan fingerprint density at radius 2 is 0.562 bits per heavy atom. The summed E-state index contributed by atoms with van der Waals surface area (Å²) in [6, 6.07) is 90.1. The summed E-state index contributed by atoms with van der Waals surface area (Å²) >= 11 is 0. The van der Waals surface area contributed by atoms with Crippen LogP contribution in [-0.4, -0.2) is 0 Å². The largest absolute Gasteiger partial charge is 0.456 e. The van der Waals surface area contributed by atoms with Crippen molar-refractivity contribution in [2.45, 2.75) is 0 Å². The normalized spacial score (nSPS) is 11.8. The fourth-order valence-electron chi connectivity index (χ4n) is 11.3. The second-order valence-electron chi connectivity index (χ2n) is 18.7. The minimum Gasteiger partial charge on any atom is -0.456 e. The summed E-state index contributed by atoms with van der Waals surface area (Å²) in [6.07, 6.45) is 0. The Labute approximate surface area is 419 Å². The predicted molar refractivity (Wildman–Crippen MR) is 304 cm³/mol. The van der Waals surface area contributed by atoms with Crippen molar-refractivity contribution >= 4 is 121 Å². The molecule has 0 radical (unpaired) electrons. The van der Waals surface area contributed by atoms with Gasteiger partial charge in [-0.15, -0.1) is 0 Å². The lowest BCUT2D eigenvalue weighted by Gasteiger charge is -2.27. The van der Waals surface area contributed by atoms with Crippen molar-refractivity contribution in [2.24, 2.45) is 0 Å². The van der Waals surface area contributed by atoms with Crippen LogP contribution in [0.2, 0.25) is 0 Å². The van der Waals surface area contributed by atoms with Gasteiger partial charge in [0.2, 0.25) is 0 Å². The number of fused-ring (bicyclic) bond motifs is 13. The Kier molecular flexibility index (Phi) is 9.19. The van der Waals surface area contributed by atoms with Crippen LogP contribution >= 0.6 is 0 Å². The van der Waals surface area contributed by atoms with Gasteiger partial charge in [0.15, 0.2) is 11.2 Å². The molecular formula is C68H42N2O3. The van der Waals surface area contributed by atoms with Crippen molar-refractivity contribution in [1.29, 1.82) is 0 Å². The van der Waals surface area contributed by atoms with Gasteiger partial charge in [0.1, 0.15) is 22.3 Å². The quantitative estimate of drug-likeness (QED) is 0.152. The van der Waals surface area contributed by atoms with Crippen molar-refractivity contribution in [3.63, 3.8) is 0 Å². The first-order valence-corrected chi connectivity index (χ1v) is 24.7. The molecule has 3 aromatic heterocycles. The third-order valence-electron chi connectivity index (χ3n) is 14.6. The lowest BCUT2D eigenvalue weighted by atomic mass is 9.96. The summed E-state index contributed by atoms with van der Waals surface area (Å²) in [5.41, 5.74) is 15.3. The molecule has 0 bridgehead atoms. The number of nitrogens with zero attached hydrogens (tertiary/aromatic N) is 2. The maximum absolute atomic E-state index is 7.32.